The Hall–Kier alpha value is -3.19. The summed E-state index contributed by atoms with van der Waals surface area (Å²) in [6.07, 6.45) is -0.185. The van der Waals surface area contributed by atoms with Crippen LogP contribution in [0.25, 0.3) is 0 Å². The number of hydrogen-bond donors (Lipinski definition) is 8. The minimum absolute atomic E-state index is 0.0179. The Morgan fingerprint density at radius 2 is 1.46 bits per heavy atom. The van der Waals surface area contributed by atoms with Crippen molar-refractivity contribution >= 4 is 38.1 Å². The molecule has 4 unspecified atom stereocenters. The maximum absolute atomic E-state index is 11.4. The first kappa shape index (κ1) is 43.5. The highest BCUT2D eigenvalue weighted by Crippen LogP contribution is 2.31. The largest absolute Gasteiger partial charge is 0.495 e. The first-order valence-electron chi connectivity index (χ1n) is 18.5. The predicted molar refractivity (Wildman–Crippen MR) is 209 cm³/mol. The van der Waals surface area contributed by atoms with Crippen LogP contribution in [0.4, 0.5) is 0 Å². The Morgan fingerprint density at radius 3 is 2.11 bits per heavy atom. The molecule has 0 aromatic heterocycles. The van der Waals surface area contributed by atoms with E-state index < -0.39 is 38.0 Å². The van der Waals surface area contributed by atoms with Crippen LogP contribution in [-0.4, -0.2) is 106 Å². The van der Waals surface area contributed by atoms with Gasteiger partial charge in [0.05, 0.1) is 38.1 Å². The highest BCUT2D eigenvalue weighted by Gasteiger charge is 2.41. The Kier molecular flexibility index (Phi) is 17.6. The van der Waals surface area contributed by atoms with Crippen LogP contribution >= 0.6 is 0 Å². The SMILES string of the molecule is CCCC(C)(COB(O)c1c(OCCCO)cccc1C(O)CN)COc1cccc2c1B(O[B]c1c(OCCCO)cccc1C(O)CN)OC2CN. The summed E-state index contributed by atoms with van der Waals surface area (Å²) in [7, 11) is -0.887. The second-order valence-corrected chi connectivity index (χ2v) is 13.6. The third-order valence-corrected chi connectivity index (χ3v) is 9.24. The Labute approximate surface area is 319 Å². The Balaban J connectivity index is 1.55. The lowest BCUT2D eigenvalue weighted by Crippen LogP contribution is -2.43. The summed E-state index contributed by atoms with van der Waals surface area (Å²) in [5.74, 6) is 1.30. The number of aliphatic hydroxyl groups excluding tert-OH is 4. The lowest BCUT2D eigenvalue weighted by atomic mass is 9.72. The monoisotopic (exact) mass is 750 g/mol. The summed E-state index contributed by atoms with van der Waals surface area (Å²) in [6.45, 7) is 4.84. The van der Waals surface area contributed by atoms with Crippen molar-refractivity contribution in [3.63, 3.8) is 0 Å². The summed E-state index contributed by atoms with van der Waals surface area (Å²) in [4.78, 5) is 0. The van der Waals surface area contributed by atoms with E-state index in [1.165, 1.54) is 7.48 Å². The van der Waals surface area contributed by atoms with Crippen molar-refractivity contribution in [1.29, 1.82) is 0 Å². The van der Waals surface area contributed by atoms with Crippen molar-refractivity contribution in [2.24, 2.45) is 22.6 Å². The van der Waals surface area contributed by atoms with Gasteiger partial charge in [0.25, 0.3) is 0 Å². The van der Waals surface area contributed by atoms with Crippen molar-refractivity contribution in [3.8, 4) is 17.2 Å². The van der Waals surface area contributed by atoms with Crippen LogP contribution in [0.15, 0.2) is 54.6 Å². The molecule has 14 nitrogen and oxygen atoms in total. The van der Waals surface area contributed by atoms with Gasteiger partial charge in [-0.1, -0.05) is 56.7 Å². The number of hydrogen-bond acceptors (Lipinski definition) is 14. The van der Waals surface area contributed by atoms with E-state index in [4.69, 9.17) is 45.3 Å². The van der Waals surface area contributed by atoms with Gasteiger partial charge in [-0.3, -0.25) is 0 Å². The van der Waals surface area contributed by atoms with E-state index >= 15 is 0 Å². The lowest BCUT2D eigenvalue weighted by molar-refractivity contribution is 0.0769. The van der Waals surface area contributed by atoms with E-state index in [9.17, 15) is 25.5 Å². The standard InChI is InChI=1S/C37H55B3N3O11/c1-3-15-37(2,24-52-39(48)35-26(29(47)21-42)10-5-13-31(35)50-19-8-17-45)23-51-32-14-6-11-27-33(22-43)53-40(36(27)32)54-38-34-25(28(46)20-41)9-4-12-30(34)49-18-7-16-44/h4-6,9-14,28-29,33,44-48H,3,7-8,15-24,41-43H2,1-2H3. The van der Waals surface area contributed by atoms with Crippen LogP contribution in [0.5, 0.6) is 17.2 Å². The number of ether oxygens (including phenoxy) is 3. The van der Waals surface area contributed by atoms with Crippen molar-refractivity contribution in [2.75, 3.05) is 59.3 Å². The second-order valence-electron chi connectivity index (χ2n) is 13.6. The molecular formula is C37H55B3N3O11. The van der Waals surface area contributed by atoms with E-state index in [2.05, 4.69) is 6.92 Å². The number of benzene rings is 3. The normalized spacial score (nSPS) is 16.0. The van der Waals surface area contributed by atoms with Gasteiger partial charge in [-0.2, -0.15) is 0 Å². The van der Waals surface area contributed by atoms with Crippen molar-refractivity contribution < 1.29 is 53.5 Å². The molecule has 0 spiro atoms. The van der Waals surface area contributed by atoms with Gasteiger partial charge < -0.3 is 70.7 Å². The van der Waals surface area contributed by atoms with Crippen LogP contribution in [-0.2, 0) is 13.9 Å². The molecular weight excluding hydrogens is 695 g/mol. The van der Waals surface area contributed by atoms with Gasteiger partial charge in [0.1, 0.15) is 17.2 Å². The lowest BCUT2D eigenvalue weighted by Gasteiger charge is -2.31. The molecule has 1 radical (unpaired) electrons. The van der Waals surface area contributed by atoms with Gasteiger partial charge in [0, 0.05) is 68.6 Å². The van der Waals surface area contributed by atoms with E-state index in [0.717, 1.165) is 12.0 Å². The van der Waals surface area contributed by atoms with Crippen LogP contribution in [0.2, 0.25) is 0 Å². The molecule has 3 aromatic carbocycles. The second kappa shape index (κ2) is 21.8. The average Bonchev–Trinajstić information content (AvgIpc) is 3.56. The zero-order valence-corrected chi connectivity index (χ0v) is 31.3. The third kappa shape index (κ3) is 11.2. The van der Waals surface area contributed by atoms with Crippen LogP contribution in [0.1, 0.15) is 74.5 Å². The van der Waals surface area contributed by atoms with Gasteiger partial charge in [-0.25, -0.2) is 0 Å². The molecule has 11 N–H and O–H groups in total. The Bertz CT molecular complexity index is 1600. The smallest absolute Gasteiger partial charge is 0.494 e. The number of rotatable bonds is 25. The first-order valence-corrected chi connectivity index (χ1v) is 18.5. The third-order valence-electron chi connectivity index (χ3n) is 9.24. The Morgan fingerprint density at radius 1 is 0.852 bits per heavy atom. The fourth-order valence-electron chi connectivity index (χ4n) is 6.42. The molecule has 0 saturated heterocycles. The van der Waals surface area contributed by atoms with Crippen LogP contribution in [0, 0.1) is 5.41 Å². The average molecular weight is 750 g/mol. The molecule has 1 aliphatic rings. The van der Waals surface area contributed by atoms with Gasteiger partial charge in [0.2, 0.25) is 0 Å². The van der Waals surface area contributed by atoms with Gasteiger partial charge >= 0.3 is 21.7 Å². The first-order chi connectivity index (χ1) is 26.1. The molecule has 54 heavy (non-hydrogen) atoms. The molecule has 0 saturated carbocycles. The van der Waals surface area contributed by atoms with Crippen LogP contribution < -0.4 is 47.8 Å². The topological polar surface area (TPSA) is 235 Å². The van der Waals surface area contributed by atoms with Crippen molar-refractivity contribution in [3.05, 3.63) is 71.3 Å². The van der Waals surface area contributed by atoms with Crippen molar-refractivity contribution in [2.45, 2.75) is 57.8 Å². The van der Waals surface area contributed by atoms with Crippen molar-refractivity contribution in [1.82, 2.24) is 0 Å². The zero-order chi connectivity index (χ0) is 39.1. The minimum atomic E-state index is -1.45. The molecule has 3 aromatic rings. The summed E-state index contributed by atoms with van der Waals surface area (Å²) in [5.41, 5.74) is 20.3. The molecule has 0 amide bonds. The summed E-state index contributed by atoms with van der Waals surface area (Å²) >= 11 is 0. The van der Waals surface area contributed by atoms with E-state index in [-0.39, 0.29) is 64.7 Å². The number of nitrogens with two attached hydrogens (primary N) is 3. The van der Waals surface area contributed by atoms with Gasteiger partial charge in [-0.05, 0) is 46.8 Å². The van der Waals surface area contributed by atoms with E-state index in [1.807, 2.05) is 25.1 Å². The maximum Gasteiger partial charge on any atom is 0.495 e. The van der Waals surface area contributed by atoms with E-state index in [1.54, 1.807) is 36.4 Å². The highest BCUT2D eigenvalue weighted by molar-refractivity contribution is 6.71. The molecule has 1 heterocycles. The zero-order valence-electron chi connectivity index (χ0n) is 31.3. The predicted octanol–water partition coefficient (Wildman–Crippen LogP) is -0.531. The molecule has 1 aliphatic heterocycles. The fraction of sp³-hybridized carbons (Fsp3) is 0.514. The summed E-state index contributed by atoms with van der Waals surface area (Å²) in [6, 6.07) is 15.9. The summed E-state index contributed by atoms with van der Waals surface area (Å²) in [5, 5.41) is 51.2. The quantitative estimate of drug-likeness (QED) is 0.0402. The molecule has 17 heteroatoms. The summed E-state index contributed by atoms with van der Waals surface area (Å²) < 4.78 is 36.9. The molecule has 0 aliphatic carbocycles. The molecule has 0 fully saturated rings. The highest BCUT2D eigenvalue weighted by atomic mass is 16.6. The van der Waals surface area contributed by atoms with Gasteiger partial charge in [-0.15, -0.1) is 0 Å². The van der Waals surface area contributed by atoms with Crippen LogP contribution in [0.3, 0.4) is 0 Å². The number of aliphatic hydroxyl groups is 4. The molecule has 0 bridgehead atoms. The number of fused-ring (bicyclic) bond motifs is 1. The fourth-order valence-corrected chi connectivity index (χ4v) is 6.42. The van der Waals surface area contributed by atoms with Gasteiger partial charge in [0.15, 0.2) is 0 Å². The maximum atomic E-state index is 11.4. The molecule has 293 valence electrons. The molecule has 4 rings (SSSR count). The van der Waals surface area contributed by atoms with E-state index in [0.29, 0.717) is 58.6 Å². The minimum Gasteiger partial charge on any atom is -0.494 e. The molecule has 4 atom stereocenters.